The summed E-state index contributed by atoms with van der Waals surface area (Å²) < 4.78 is 5.33. The third-order valence-corrected chi connectivity index (χ3v) is 3.31. The molecule has 4 heteroatoms. The van der Waals surface area contributed by atoms with Crippen LogP contribution >= 0.6 is 0 Å². The van der Waals surface area contributed by atoms with Crippen molar-refractivity contribution in [1.29, 1.82) is 0 Å². The van der Waals surface area contributed by atoms with Gasteiger partial charge in [0.1, 0.15) is 5.82 Å². The smallest absolute Gasteiger partial charge is 0.251 e. The molecule has 1 aliphatic heterocycles. The molecule has 2 heterocycles. The number of aromatic amines is 1. The number of ether oxygens (including phenoxy) is 1. The normalized spacial score (nSPS) is 24.9. The second kappa shape index (κ2) is 4.01. The van der Waals surface area contributed by atoms with E-state index in [-0.39, 0.29) is 5.56 Å². The number of nitrogens with zero attached hydrogens (tertiary/aromatic N) is 1. The summed E-state index contributed by atoms with van der Waals surface area (Å²) in [7, 11) is 0. The Morgan fingerprint density at radius 1 is 1.44 bits per heavy atom. The summed E-state index contributed by atoms with van der Waals surface area (Å²) in [6, 6.07) is 1.65. The lowest BCUT2D eigenvalue weighted by Gasteiger charge is -2.07. The fraction of sp³-hybridized carbons (Fsp3) is 0.667. The van der Waals surface area contributed by atoms with Gasteiger partial charge in [-0.05, 0) is 25.2 Å². The van der Waals surface area contributed by atoms with Gasteiger partial charge in [0.05, 0.1) is 5.69 Å². The van der Waals surface area contributed by atoms with Crippen LogP contribution in [0.2, 0.25) is 0 Å². The highest BCUT2D eigenvalue weighted by molar-refractivity contribution is 5.14. The van der Waals surface area contributed by atoms with Gasteiger partial charge >= 0.3 is 0 Å². The van der Waals surface area contributed by atoms with E-state index in [0.717, 1.165) is 37.6 Å². The predicted octanol–water partition coefficient (Wildman–Crippen LogP) is 1.23. The fourth-order valence-corrected chi connectivity index (χ4v) is 2.23. The molecule has 1 N–H and O–H groups in total. The molecule has 0 aromatic carbocycles. The monoisotopic (exact) mass is 220 g/mol. The van der Waals surface area contributed by atoms with Gasteiger partial charge in [0.15, 0.2) is 0 Å². The lowest BCUT2D eigenvalue weighted by molar-refractivity contribution is 0.185. The number of rotatable bonds is 3. The number of hydrogen-bond acceptors (Lipinski definition) is 3. The summed E-state index contributed by atoms with van der Waals surface area (Å²) in [5.41, 5.74) is 0.975. The second-order valence-corrected chi connectivity index (χ2v) is 4.82. The zero-order valence-corrected chi connectivity index (χ0v) is 9.24. The van der Waals surface area contributed by atoms with Crippen LogP contribution in [0.15, 0.2) is 10.9 Å². The zero-order chi connectivity index (χ0) is 11.0. The van der Waals surface area contributed by atoms with Gasteiger partial charge in [0.25, 0.3) is 5.56 Å². The Kier molecular flexibility index (Phi) is 2.52. The van der Waals surface area contributed by atoms with Crippen molar-refractivity contribution in [3.05, 3.63) is 27.9 Å². The fourth-order valence-electron chi connectivity index (χ4n) is 2.23. The molecule has 1 saturated heterocycles. The Bertz CT molecular complexity index is 431. The van der Waals surface area contributed by atoms with E-state index in [2.05, 4.69) is 9.97 Å². The van der Waals surface area contributed by atoms with E-state index in [1.807, 2.05) is 0 Å². The van der Waals surface area contributed by atoms with Gasteiger partial charge in [-0.15, -0.1) is 0 Å². The average molecular weight is 220 g/mol. The Balaban J connectivity index is 1.79. The maximum Gasteiger partial charge on any atom is 0.251 e. The topological polar surface area (TPSA) is 55.0 Å². The maximum atomic E-state index is 11.5. The predicted molar refractivity (Wildman–Crippen MR) is 59.5 cm³/mol. The van der Waals surface area contributed by atoms with Gasteiger partial charge in [-0.25, -0.2) is 4.98 Å². The molecule has 0 bridgehead atoms. The Hall–Kier alpha value is -1.16. The summed E-state index contributed by atoms with van der Waals surface area (Å²) in [6.07, 6.45) is 4.29. The minimum Gasteiger partial charge on any atom is -0.381 e. The summed E-state index contributed by atoms with van der Waals surface area (Å²) in [6.45, 7) is 1.65. The maximum absolute atomic E-state index is 11.5. The van der Waals surface area contributed by atoms with E-state index in [1.54, 1.807) is 6.07 Å². The van der Waals surface area contributed by atoms with Gasteiger partial charge in [0, 0.05) is 31.6 Å². The van der Waals surface area contributed by atoms with Crippen LogP contribution in [-0.2, 0) is 11.2 Å². The summed E-state index contributed by atoms with van der Waals surface area (Å²) in [5, 5.41) is 0. The molecule has 0 radical (unpaired) electrons. The molecule has 2 fully saturated rings. The number of aromatic nitrogens is 2. The molecule has 2 aliphatic rings. The molecule has 1 unspecified atom stereocenters. The number of H-pyrrole nitrogens is 1. The van der Waals surface area contributed by atoms with E-state index < -0.39 is 0 Å². The third kappa shape index (κ3) is 2.16. The quantitative estimate of drug-likeness (QED) is 0.833. The molecule has 1 aromatic rings. The Morgan fingerprint density at radius 2 is 2.31 bits per heavy atom. The largest absolute Gasteiger partial charge is 0.381 e. The van der Waals surface area contributed by atoms with E-state index >= 15 is 0 Å². The van der Waals surface area contributed by atoms with E-state index in [4.69, 9.17) is 4.74 Å². The van der Waals surface area contributed by atoms with Gasteiger partial charge < -0.3 is 9.72 Å². The summed E-state index contributed by atoms with van der Waals surface area (Å²) in [5.74, 6) is 1.91. The molecule has 1 aromatic heterocycles. The number of nitrogens with one attached hydrogen (secondary N) is 1. The summed E-state index contributed by atoms with van der Waals surface area (Å²) >= 11 is 0. The number of hydrogen-bond donors (Lipinski definition) is 1. The van der Waals surface area contributed by atoms with E-state index in [9.17, 15) is 4.79 Å². The highest BCUT2D eigenvalue weighted by atomic mass is 16.5. The van der Waals surface area contributed by atoms with Crippen LogP contribution in [0.4, 0.5) is 0 Å². The van der Waals surface area contributed by atoms with Crippen molar-refractivity contribution in [2.45, 2.75) is 31.6 Å². The first kappa shape index (κ1) is 10.0. The molecule has 0 spiro atoms. The first-order chi connectivity index (χ1) is 7.81. The van der Waals surface area contributed by atoms with Crippen molar-refractivity contribution in [1.82, 2.24) is 9.97 Å². The highest BCUT2D eigenvalue weighted by Gasteiger charge is 2.26. The van der Waals surface area contributed by atoms with Crippen molar-refractivity contribution >= 4 is 0 Å². The Morgan fingerprint density at radius 3 is 3.00 bits per heavy atom. The van der Waals surface area contributed by atoms with Crippen LogP contribution < -0.4 is 5.56 Å². The van der Waals surface area contributed by atoms with Crippen molar-refractivity contribution in [3.63, 3.8) is 0 Å². The highest BCUT2D eigenvalue weighted by Crippen LogP contribution is 2.38. The molecule has 1 aliphatic carbocycles. The van der Waals surface area contributed by atoms with Crippen molar-refractivity contribution in [2.24, 2.45) is 5.92 Å². The van der Waals surface area contributed by atoms with Crippen LogP contribution in [0, 0.1) is 5.92 Å². The van der Waals surface area contributed by atoms with Crippen molar-refractivity contribution in [3.8, 4) is 0 Å². The van der Waals surface area contributed by atoms with Crippen molar-refractivity contribution in [2.75, 3.05) is 13.2 Å². The van der Waals surface area contributed by atoms with Crippen LogP contribution in [-0.4, -0.2) is 23.2 Å². The average Bonchev–Trinajstić information content (AvgIpc) is 2.98. The first-order valence-electron chi connectivity index (χ1n) is 5.99. The molecular formula is C12H16N2O2. The second-order valence-electron chi connectivity index (χ2n) is 4.82. The Labute approximate surface area is 94.1 Å². The van der Waals surface area contributed by atoms with Gasteiger partial charge in [-0.1, -0.05) is 0 Å². The van der Waals surface area contributed by atoms with Crippen LogP contribution in [0.25, 0.3) is 0 Å². The molecule has 4 nitrogen and oxygen atoms in total. The molecule has 3 rings (SSSR count). The molecule has 0 amide bonds. The molecule has 86 valence electrons. The van der Waals surface area contributed by atoms with Crippen LogP contribution in [0.3, 0.4) is 0 Å². The minimum absolute atomic E-state index is 0.00850. The lowest BCUT2D eigenvalue weighted by atomic mass is 10.0. The molecular weight excluding hydrogens is 204 g/mol. The van der Waals surface area contributed by atoms with Crippen molar-refractivity contribution < 1.29 is 4.74 Å². The molecule has 1 atom stereocenters. The minimum atomic E-state index is -0.00850. The van der Waals surface area contributed by atoms with Crippen LogP contribution in [0.5, 0.6) is 0 Å². The first-order valence-corrected chi connectivity index (χ1v) is 5.99. The van der Waals surface area contributed by atoms with Gasteiger partial charge in [-0.2, -0.15) is 0 Å². The molecule has 16 heavy (non-hydrogen) atoms. The van der Waals surface area contributed by atoms with E-state index in [1.165, 1.54) is 12.8 Å². The van der Waals surface area contributed by atoms with Gasteiger partial charge in [0.2, 0.25) is 0 Å². The standard InChI is InChI=1S/C12H16N2O2/c15-12-6-10(9-1-2-9)13-11(14-12)5-8-3-4-16-7-8/h6,8-9H,1-5,7H2,(H,13,14,15). The van der Waals surface area contributed by atoms with E-state index in [0.29, 0.717) is 11.8 Å². The van der Waals surface area contributed by atoms with Crippen LogP contribution in [0.1, 0.15) is 36.7 Å². The SMILES string of the molecule is O=c1cc(C2CC2)nc(CC2CCOC2)[nH]1. The summed E-state index contributed by atoms with van der Waals surface area (Å²) in [4.78, 5) is 18.9. The third-order valence-electron chi connectivity index (χ3n) is 3.31. The molecule has 1 saturated carbocycles. The zero-order valence-electron chi connectivity index (χ0n) is 9.24. The lowest BCUT2D eigenvalue weighted by Crippen LogP contribution is -2.15. The van der Waals surface area contributed by atoms with Gasteiger partial charge in [-0.3, -0.25) is 4.79 Å².